The number of aromatic nitrogens is 2. The van der Waals surface area contributed by atoms with Crippen molar-refractivity contribution in [1.82, 2.24) is 9.97 Å². The van der Waals surface area contributed by atoms with Crippen LogP contribution in [-0.2, 0) is 0 Å². The highest BCUT2D eigenvalue weighted by molar-refractivity contribution is 5.93. The first-order valence-corrected chi connectivity index (χ1v) is 7.89. The molecule has 0 aliphatic rings. The van der Waals surface area contributed by atoms with Gasteiger partial charge in [-0.2, -0.15) is 13.2 Å². The molecule has 1 heterocycles. The van der Waals surface area contributed by atoms with E-state index in [0.717, 1.165) is 0 Å². The van der Waals surface area contributed by atoms with Crippen molar-refractivity contribution in [2.24, 2.45) is 0 Å². The average Bonchev–Trinajstić information content (AvgIpc) is 2.65. The highest BCUT2D eigenvalue weighted by atomic mass is 19.4. The first-order valence-electron chi connectivity index (χ1n) is 7.89. The molecular formula is C18H14F3N3O4. The molecule has 0 amide bonds. The van der Waals surface area contributed by atoms with Crippen molar-refractivity contribution < 1.29 is 32.5 Å². The van der Waals surface area contributed by atoms with Crippen molar-refractivity contribution in [2.75, 3.05) is 19.0 Å². The number of carboxylic acid groups (broad SMARTS) is 1. The van der Waals surface area contributed by atoms with Crippen LogP contribution in [0.25, 0.3) is 10.9 Å². The summed E-state index contributed by atoms with van der Waals surface area (Å²) in [4.78, 5) is 19.1. The maximum absolute atomic E-state index is 12.4. The molecule has 1 aromatic heterocycles. The van der Waals surface area contributed by atoms with E-state index >= 15 is 0 Å². The summed E-state index contributed by atoms with van der Waals surface area (Å²) in [6, 6.07) is 8.79. The molecule has 3 aromatic rings. The fourth-order valence-electron chi connectivity index (χ4n) is 2.43. The van der Waals surface area contributed by atoms with E-state index in [9.17, 15) is 18.0 Å². The van der Waals surface area contributed by atoms with E-state index in [-0.39, 0.29) is 17.1 Å². The van der Waals surface area contributed by atoms with Crippen LogP contribution < -0.4 is 14.8 Å². The molecule has 0 bridgehead atoms. The molecule has 0 atom stereocenters. The van der Waals surface area contributed by atoms with Crippen molar-refractivity contribution in [3.05, 3.63) is 48.3 Å². The van der Waals surface area contributed by atoms with Gasteiger partial charge in [-0.05, 0) is 30.3 Å². The third kappa shape index (κ3) is 4.40. The first-order chi connectivity index (χ1) is 13.3. The third-order valence-electron chi connectivity index (χ3n) is 3.71. The number of alkyl halides is 3. The summed E-state index contributed by atoms with van der Waals surface area (Å²) >= 11 is 0. The smallest absolute Gasteiger partial charge is 0.422 e. The molecule has 2 aromatic carbocycles. The number of carboxylic acids is 1. The summed E-state index contributed by atoms with van der Waals surface area (Å²) in [5.74, 6) is -0.678. The van der Waals surface area contributed by atoms with Gasteiger partial charge in [-0.3, -0.25) is 0 Å². The largest absolute Gasteiger partial charge is 0.493 e. The normalized spacial score (nSPS) is 11.3. The van der Waals surface area contributed by atoms with E-state index in [2.05, 4.69) is 15.3 Å². The molecule has 2 N–H and O–H groups in total. The Hall–Kier alpha value is -3.56. The number of fused-ring (bicyclic) bond motifs is 1. The van der Waals surface area contributed by atoms with Crippen molar-refractivity contribution in [3.8, 4) is 11.5 Å². The summed E-state index contributed by atoms with van der Waals surface area (Å²) in [7, 11) is 1.31. The van der Waals surface area contributed by atoms with E-state index in [1.165, 1.54) is 37.7 Å². The van der Waals surface area contributed by atoms with Gasteiger partial charge in [-0.15, -0.1) is 0 Å². The predicted octanol–water partition coefficient (Wildman–Crippen LogP) is 4.02. The van der Waals surface area contributed by atoms with Crippen LogP contribution in [0.15, 0.2) is 42.7 Å². The van der Waals surface area contributed by atoms with Gasteiger partial charge >= 0.3 is 12.1 Å². The Morgan fingerprint density at radius 3 is 2.46 bits per heavy atom. The maximum Gasteiger partial charge on any atom is 0.422 e. The number of nitrogens with zero attached hydrogens (tertiary/aromatic N) is 2. The Balaban J connectivity index is 1.94. The standard InChI is InChI=1S/C18H14F3N3O4/c1-27-14-6-12-13(7-15(14)28-8-18(19,20)21)22-9-23-16(12)24-11-4-2-10(3-5-11)17(25)26/h2-7,9H,8H2,1H3,(H,25,26)(H,22,23,24). The summed E-state index contributed by atoms with van der Waals surface area (Å²) < 4.78 is 47.2. The van der Waals surface area contributed by atoms with E-state index in [1.54, 1.807) is 12.1 Å². The van der Waals surface area contributed by atoms with Crippen LogP contribution in [0.2, 0.25) is 0 Å². The van der Waals surface area contributed by atoms with Crippen LogP contribution >= 0.6 is 0 Å². The molecule has 0 fully saturated rings. The second-order valence-corrected chi connectivity index (χ2v) is 5.65. The van der Waals surface area contributed by atoms with Crippen molar-refractivity contribution in [1.29, 1.82) is 0 Å². The molecular weight excluding hydrogens is 379 g/mol. The van der Waals surface area contributed by atoms with E-state index in [4.69, 9.17) is 14.6 Å². The van der Waals surface area contributed by atoms with Gasteiger partial charge in [0.15, 0.2) is 18.1 Å². The van der Waals surface area contributed by atoms with Crippen molar-refractivity contribution >= 4 is 28.4 Å². The molecule has 0 saturated heterocycles. The highest BCUT2D eigenvalue weighted by Gasteiger charge is 2.29. The van der Waals surface area contributed by atoms with Crippen molar-refractivity contribution in [3.63, 3.8) is 0 Å². The number of ether oxygens (including phenoxy) is 2. The zero-order valence-electron chi connectivity index (χ0n) is 14.4. The minimum Gasteiger partial charge on any atom is -0.493 e. The van der Waals surface area contributed by atoms with Gasteiger partial charge in [0.05, 0.1) is 18.2 Å². The topological polar surface area (TPSA) is 93.6 Å². The SMILES string of the molecule is COc1cc2c(Nc3ccc(C(=O)O)cc3)ncnc2cc1OCC(F)(F)F. The Kier molecular flexibility index (Phi) is 5.21. The van der Waals surface area contributed by atoms with E-state index in [0.29, 0.717) is 22.4 Å². The van der Waals surface area contributed by atoms with Gasteiger partial charge in [-0.25, -0.2) is 14.8 Å². The number of benzene rings is 2. The second kappa shape index (κ2) is 7.59. The zero-order chi connectivity index (χ0) is 20.3. The van der Waals surface area contributed by atoms with Crippen LogP contribution in [0.5, 0.6) is 11.5 Å². The Labute approximate surface area is 156 Å². The minimum atomic E-state index is -4.49. The van der Waals surface area contributed by atoms with Crippen LogP contribution in [0, 0.1) is 0 Å². The van der Waals surface area contributed by atoms with Crippen LogP contribution in [-0.4, -0.2) is 40.9 Å². The predicted molar refractivity (Wildman–Crippen MR) is 94.3 cm³/mol. The molecule has 0 aliphatic heterocycles. The van der Waals surface area contributed by atoms with Gasteiger partial charge in [0.1, 0.15) is 12.1 Å². The minimum absolute atomic E-state index is 0.0934. The average molecular weight is 393 g/mol. The number of carbonyl (C=O) groups is 1. The lowest BCUT2D eigenvalue weighted by molar-refractivity contribution is -0.153. The molecule has 3 rings (SSSR count). The fourth-order valence-corrected chi connectivity index (χ4v) is 2.43. The molecule has 28 heavy (non-hydrogen) atoms. The highest BCUT2D eigenvalue weighted by Crippen LogP contribution is 2.35. The third-order valence-corrected chi connectivity index (χ3v) is 3.71. The molecule has 0 aliphatic carbocycles. The Morgan fingerprint density at radius 2 is 1.86 bits per heavy atom. The number of hydrogen-bond acceptors (Lipinski definition) is 6. The van der Waals surface area contributed by atoms with Crippen LogP contribution in [0.4, 0.5) is 24.7 Å². The van der Waals surface area contributed by atoms with E-state index in [1.807, 2.05) is 0 Å². The molecule has 0 spiro atoms. The number of methoxy groups -OCH3 is 1. The number of hydrogen-bond donors (Lipinski definition) is 2. The summed E-state index contributed by atoms with van der Waals surface area (Å²) in [6.07, 6.45) is -3.24. The van der Waals surface area contributed by atoms with Crippen LogP contribution in [0.1, 0.15) is 10.4 Å². The lowest BCUT2D eigenvalue weighted by Crippen LogP contribution is -2.19. The van der Waals surface area contributed by atoms with Gasteiger partial charge in [0.2, 0.25) is 0 Å². The Bertz CT molecular complexity index is 1010. The zero-order valence-corrected chi connectivity index (χ0v) is 14.4. The first kappa shape index (κ1) is 19.2. The van der Waals surface area contributed by atoms with E-state index < -0.39 is 18.8 Å². The summed E-state index contributed by atoms with van der Waals surface area (Å²) in [6.45, 7) is -1.46. The molecule has 0 radical (unpaired) electrons. The molecule has 146 valence electrons. The Morgan fingerprint density at radius 1 is 1.14 bits per heavy atom. The summed E-state index contributed by atoms with van der Waals surface area (Å²) in [5.41, 5.74) is 1.05. The second-order valence-electron chi connectivity index (χ2n) is 5.65. The number of rotatable bonds is 6. The quantitative estimate of drug-likeness (QED) is 0.653. The van der Waals surface area contributed by atoms with Gasteiger partial charge in [0, 0.05) is 17.1 Å². The van der Waals surface area contributed by atoms with Crippen molar-refractivity contribution in [2.45, 2.75) is 6.18 Å². The fraction of sp³-hybridized carbons (Fsp3) is 0.167. The van der Waals surface area contributed by atoms with Crippen LogP contribution in [0.3, 0.4) is 0 Å². The number of halogens is 3. The lowest BCUT2D eigenvalue weighted by atomic mass is 10.2. The lowest BCUT2D eigenvalue weighted by Gasteiger charge is -2.14. The number of nitrogens with one attached hydrogen (secondary N) is 1. The summed E-state index contributed by atoms with van der Waals surface area (Å²) in [5, 5.41) is 12.5. The van der Waals surface area contributed by atoms with Gasteiger partial charge in [-0.1, -0.05) is 0 Å². The molecule has 10 heteroatoms. The number of aromatic carboxylic acids is 1. The monoisotopic (exact) mass is 393 g/mol. The molecule has 0 saturated carbocycles. The number of anilines is 2. The maximum atomic E-state index is 12.4. The van der Waals surface area contributed by atoms with Gasteiger partial charge < -0.3 is 19.9 Å². The molecule has 0 unspecified atom stereocenters. The van der Waals surface area contributed by atoms with Gasteiger partial charge in [0.25, 0.3) is 0 Å². The molecule has 7 nitrogen and oxygen atoms in total.